The van der Waals surface area contributed by atoms with E-state index in [9.17, 15) is 0 Å². The topological polar surface area (TPSA) is 37.8 Å². The Morgan fingerprint density at radius 3 is 2.47 bits per heavy atom. The monoisotopic (exact) mass is 339 g/mol. The second kappa shape index (κ2) is 6.11. The van der Waals surface area contributed by atoms with Crippen molar-refractivity contribution in [1.82, 2.24) is 15.3 Å². The summed E-state index contributed by atoms with van der Waals surface area (Å²) in [5.74, 6) is 0. The van der Waals surface area contributed by atoms with Gasteiger partial charge < -0.3 is 5.32 Å². The molecule has 0 aliphatic carbocycles. The van der Waals surface area contributed by atoms with Gasteiger partial charge in [-0.1, -0.05) is 0 Å². The fourth-order valence-electron chi connectivity index (χ4n) is 1.80. The Bertz CT molecular complexity index is 529. The van der Waals surface area contributed by atoms with Crippen molar-refractivity contribution in [1.29, 1.82) is 0 Å². The minimum Gasteiger partial charge on any atom is -0.301 e. The number of hydrogen-bond donors (Lipinski definition) is 1. The SMILES string of the molecule is Cc1nc(C(NC(C)C)c2ccc(Br)cn2)sc1C. The van der Waals surface area contributed by atoms with Gasteiger partial charge in [0.15, 0.2) is 0 Å². The van der Waals surface area contributed by atoms with E-state index in [1.807, 2.05) is 18.3 Å². The average molecular weight is 340 g/mol. The Kier molecular flexibility index (Phi) is 4.71. The summed E-state index contributed by atoms with van der Waals surface area (Å²) in [5, 5.41) is 4.62. The van der Waals surface area contributed by atoms with Gasteiger partial charge in [0.2, 0.25) is 0 Å². The van der Waals surface area contributed by atoms with Crippen LogP contribution in [0.4, 0.5) is 0 Å². The highest BCUT2D eigenvalue weighted by atomic mass is 79.9. The van der Waals surface area contributed by atoms with Crippen LogP contribution < -0.4 is 5.32 Å². The van der Waals surface area contributed by atoms with Crippen molar-refractivity contribution in [2.75, 3.05) is 0 Å². The minimum absolute atomic E-state index is 0.0606. The van der Waals surface area contributed by atoms with Crippen LogP contribution in [0.1, 0.15) is 41.2 Å². The maximum atomic E-state index is 4.67. The molecule has 102 valence electrons. The van der Waals surface area contributed by atoms with Crippen LogP contribution in [0.2, 0.25) is 0 Å². The van der Waals surface area contributed by atoms with E-state index in [2.05, 4.69) is 58.9 Å². The van der Waals surface area contributed by atoms with Crippen molar-refractivity contribution in [3.8, 4) is 0 Å². The molecule has 0 amide bonds. The Hall–Kier alpha value is -0.780. The van der Waals surface area contributed by atoms with Crippen LogP contribution >= 0.6 is 27.3 Å². The summed E-state index contributed by atoms with van der Waals surface area (Å²) in [6.45, 7) is 8.44. The van der Waals surface area contributed by atoms with Crippen molar-refractivity contribution in [3.05, 3.63) is 44.1 Å². The third kappa shape index (κ3) is 3.61. The highest BCUT2D eigenvalue weighted by Crippen LogP contribution is 2.27. The molecule has 1 atom stereocenters. The van der Waals surface area contributed by atoms with E-state index in [1.54, 1.807) is 11.3 Å². The van der Waals surface area contributed by atoms with E-state index in [0.717, 1.165) is 20.9 Å². The zero-order valence-electron chi connectivity index (χ0n) is 11.6. The van der Waals surface area contributed by atoms with E-state index >= 15 is 0 Å². The van der Waals surface area contributed by atoms with Gasteiger partial charge >= 0.3 is 0 Å². The molecule has 0 aliphatic heterocycles. The number of nitrogens with one attached hydrogen (secondary N) is 1. The summed E-state index contributed by atoms with van der Waals surface area (Å²) >= 11 is 5.16. The Morgan fingerprint density at radius 1 is 1.26 bits per heavy atom. The lowest BCUT2D eigenvalue weighted by molar-refractivity contribution is 0.518. The summed E-state index contributed by atoms with van der Waals surface area (Å²) in [7, 11) is 0. The highest BCUT2D eigenvalue weighted by Gasteiger charge is 2.20. The van der Waals surface area contributed by atoms with Crippen LogP contribution in [0.15, 0.2) is 22.8 Å². The molecule has 1 N–H and O–H groups in total. The van der Waals surface area contributed by atoms with E-state index < -0.39 is 0 Å². The van der Waals surface area contributed by atoms with Crippen molar-refractivity contribution >= 4 is 27.3 Å². The molecule has 0 radical (unpaired) electrons. The first kappa shape index (κ1) is 14.6. The molecule has 0 aromatic carbocycles. The highest BCUT2D eigenvalue weighted by molar-refractivity contribution is 9.10. The number of pyridine rings is 1. The maximum absolute atomic E-state index is 4.67. The van der Waals surface area contributed by atoms with Crippen molar-refractivity contribution < 1.29 is 0 Å². The van der Waals surface area contributed by atoms with Crippen molar-refractivity contribution in [3.63, 3.8) is 0 Å². The van der Waals surface area contributed by atoms with Gasteiger partial charge in [-0.05, 0) is 55.8 Å². The summed E-state index contributed by atoms with van der Waals surface area (Å²) in [4.78, 5) is 10.4. The van der Waals surface area contributed by atoms with Crippen LogP contribution in [0.3, 0.4) is 0 Å². The van der Waals surface area contributed by atoms with Crippen LogP contribution in [-0.4, -0.2) is 16.0 Å². The first-order chi connectivity index (χ1) is 8.97. The van der Waals surface area contributed by atoms with Gasteiger partial charge in [-0.2, -0.15) is 0 Å². The fraction of sp³-hybridized carbons (Fsp3) is 0.429. The van der Waals surface area contributed by atoms with Gasteiger partial charge in [0.1, 0.15) is 11.0 Å². The first-order valence-electron chi connectivity index (χ1n) is 6.29. The van der Waals surface area contributed by atoms with Gasteiger partial charge in [0.05, 0.1) is 11.4 Å². The summed E-state index contributed by atoms with van der Waals surface area (Å²) in [5.41, 5.74) is 2.11. The lowest BCUT2D eigenvalue weighted by Gasteiger charge is -2.18. The first-order valence-corrected chi connectivity index (χ1v) is 7.89. The Morgan fingerprint density at radius 2 is 2.00 bits per heavy atom. The number of thiazole rings is 1. The Balaban J connectivity index is 2.37. The zero-order chi connectivity index (χ0) is 14.0. The molecule has 2 heterocycles. The molecule has 0 saturated heterocycles. The Labute approximate surface area is 126 Å². The molecule has 2 rings (SSSR count). The molecular weight excluding hydrogens is 322 g/mol. The summed E-state index contributed by atoms with van der Waals surface area (Å²) in [6, 6.07) is 4.49. The van der Waals surface area contributed by atoms with Gasteiger partial charge in [-0.25, -0.2) is 4.98 Å². The standard InChI is InChI=1S/C14H18BrN3S/c1-8(2)17-13(12-6-5-11(15)7-16-12)14-18-9(3)10(4)19-14/h5-8,13,17H,1-4H3. The third-order valence-corrected chi connectivity index (χ3v) is 4.44. The van der Waals surface area contributed by atoms with E-state index in [1.165, 1.54) is 4.88 Å². The second-order valence-electron chi connectivity index (χ2n) is 4.85. The zero-order valence-corrected chi connectivity index (χ0v) is 14.0. The average Bonchev–Trinajstić information content (AvgIpc) is 2.67. The van der Waals surface area contributed by atoms with Crippen LogP contribution in [0.25, 0.3) is 0 Å². The van der Waals surface area contributed by atoms with E-state index in [4.69, 9.17) is 0 Å². The van der Waals surface area contributed by atoms with Gasteiger partial charge in [0, 0.05) is 21.6 Å². The molecule has 19 heavy (non-hydrogen) atoms. The largest absolute Gasteiger partial charge is 0.301 e. The molecule has 2 aromatic rings. The number of aryl methyl sites for hydroxylation is 2. The molecule has 0 saturated carbocycles. The normalized spacial score (nSPS) is 12.9. The molecule has 0 spiro atoms. The summed E-state index contributed by atoms with van der Waals surface area (Å²) < 4.78 is 0.992. The van der Waals surface area contributed by atoms with Gasteiger partial charge in [-0.3, -0.25) is 4.98 Å². The van der Waals surface area contributed by atoms with Crippen molar-refractivity contribution in [2.45, 2.75) is 39.8 Å². The van der Waals surface area contributed by atoms with Crippen LogP contribution in [0, 0.1) is 13.8 Å². The predicted molar refractivity (Wildman–Crippen MR) is 83.6 cm³/mol. The lowest BCUT2D eigenvalue weighted by Crippen LogP contribution is -2.29. The molecular formula is C14H18BrN3S. The number of nitrogens with zero attached hydrogens (tertiary/aromatic N) is 2. The maximum Gasteiger partial charge on any atom is 0.116 e. The van der Waals surface area contributed by atoms with Crippen LogP contribution in [0.5, 0.6) is 0 Å². The quantitative estimate of drug-likeness (QED) is 0.914. The molecule has 0 fully saturated rings. The number of halogens is 1. The smallest absolute Gasteiger partial charge is 0.116 e. The molecule has 5 heteroatoms. The van der Waals surface area contributed by atoms with Crippen LogP contribution in [-0.2, 0) is 0 Å². The molecule has 0 bridgehead atoms. The lowest BCUT2D eigenvalue weighted by atomic mass is 10.1. The fourth-order valence-corrected chi connectivity index (χ4v) is 3.03. The second-order valence-corrected chi connectivity index (χ2v) is 7.00. The number of rotatable bonds is 4. The summed E-state index contributed by atoms with van der Waals surface area (Å²) in [6.07, 6.45) is 1.83. The van der Waals surface area contributed by atoms with Gasteiger partial charge in [0.25, 0.3) is 0 Å². The minimum atomic E-state index is 0.0606. The molecule has 2 aromatic heterocycles. The number of aromatic nitrogens is 2. The third-order valence-electron chi connectivity index (χ3n) is 2.84. The predicted octanol–water partition coefficient (Wildman–Crippen LogP) is 4.00. The molecule has 1 unspecified atom stereocenters. The van der Waals surface area contributed by atoms with Gasteiger partial charge in [-0.15, -0.1) is 11.3 Å². The van der Waals surface area contributed by atoms with E-state index in [-0.39, 0.29) is 6.04 Å². The van der Waals surface area contributed by atoms with Crippen molar-refractivity contribution in [2.24, 2.45) is 0 Å². The molecule has 0 aliphatic rings. The van der Waals surface area contributed by atoms with E-state index in [0.29, 0.717) is 6.04 Å². The number of hydrogen-bond acceptors (Lipinski definition) is 4. The molecule has 3 nitrogen and oxygen atoms in total.